The van der Waals surface area contributed by atoms with E-state index in [1.54, 1.807) is 23.1 Å². The van der Waals surface area contributed by atoms with Gasteiger partial charge in [0.05, 0.1) is 13.2 Å². The third-order valence-electron chi connectivity index (χ3n) is 4.97. The molecular formula is C19H30N4O5. The summed E-state index contributed by atoms with van der Waals surface area (Å²) in [6.45, 7) is 1.29. The van der Waals surface area contributed by atoms with Gasteiger partial charge in [0.25, 0.3) is 0 Å². The van der Waals surface area contributed by atoms with Crippen molar-refractivity contribution in [3.8, 4) is 11.5 Å². The summed E-state index contributed by atoms with van der Waals surface area (Å²) < 4.78 is 5.02. The van der Waals surface area contributed by atoms with E-state index in [0.717, 1.165) is 18.4 Å². The standard InChI is InChI=1S/C19H30N4O5/c1-28-17-6-5-12(8-16(17)24)10-23-11-13(9-15(23)19(26)27)22-18(25)14(21)4-2-3-7-20/h5-6,8,13-15,24H,2-4,7,9-11,20-21H2,1H3,(H,22,25)(H,26,27)/t13-,14-,15-/m0/s1. The van der Waals surface area contributed by atoms with E-state index in [2.05, 4.69) is 5.32 Å². The molecule has 1 fully saturated rings. The molecule has 0 saturated carbocycles. The molecule has 1 aliphatic heterocycles. The predicted octanol–water partition coefficient (Wildman–Crippen LogP) is 0.000800. The fraction of sp³-hybridized carbons (Fsp3) is 0.579. The highest BCUT2D eigenvalue weighted by atomic mass is 16.5. The maximum absolute atomic E-state index is 12.3. The van der Waals surface area contributed by atoms with Gasteiger partial charge in [0.1, 0.15) is 6.04 Å². The number of carbonyl (C=O) groups excluding carboxylic acids is 1. The molecule has 28 heavy (non-hydrogen) atoms. The predicted molar refractivity (Wildman–Crippen MR) is 104 cm³/mol. The Morgan fingerprint density at radius 3 is 2.75 bits per heavy atom. The first kappa shape index (κ1) is 21.9. The molecule has 156 valence electrons. The summed E-state index contributed by atoms with van der Waals surface area (Å²) in [5, 5.41) is 22.3. The topological polar surface area (TPSA) is 151 Å². The van der Waals surface area contributed by atoms with Crippen molar-refractivity contribution in [2.45, 2.75) is 50.4 Å². The molecule has 1 aromatic carbocycles. The van der Waals surface area contributed by atoms with Gasteiger partial charge in [-0.05, 0) is 43.5 Å². The molecule has 9 heteroatoms. The van der Waals surface area contributed by atoms with Crippen molar-refractivity contribution in [2.24, 2.45) is 11.5 Å². The van der Waals surface area contributed by atoms with Gasteiger partial charge >= 0.3 is 5.97 Å². The number of nitrogens with zero attached hydrogens (tertiary/aromatic N) is 1. The van der Waals surface area contributed by atoms with Gasteiger partial charge < -0.3 is 31.7 Å². The zero-order chi connectivity index (χ0) is 20.7. The van der Waals surface area contributed by atoms with Crippen molar-refractivity contribution >= 4 is 11.9 Å². The number of amides is 1. The monoisotopic (exact) mass is 394 g/mol. The maximum atomic E-state index is 12.3. The lowest BCUT2D eigenvalue weighted by molar-refractivity contribution is -0.142. The van der Waals surface area contributed by atoms with E-state index in [1.807, 2.05) is 0 Å². The number of methoxy groups -OCH3 is 1. The molecule has 1 aliphatic rings. The highest BCUT2D eigenvalue weighted by Gasteiger charge is 2.37. The van der Waals surface area contributed by atoms with Crippen molar-refractivity contribution in [3.63, 3.8) is 0 Å². The van der Waals surface area contributed by atoms with E-state index >= 15 is 0 Å². The molecule has 2 rings (SSSR count). The molecule has 0 bridgehead atoms. The molecule has 1 saturated heterocycles. The van der Waals surface area contributed by atoms with E-state index in [1.165, 1.54) is 7.11 Å². The van der Waals surface area contributed by atoms with Gasteiger partial charge in [-0.1, -0.05) is 12.5 Å². The molecule has 0 radical (unpaired) electrons. The maximum Gasteiger partial charge on any atom is 0.321 e. The number of phenols is 1. The molecule has 7 N–H and O–H groups in total. The number of carbonyl (C=O) groups is 2. The summed E-state index contributed by atoms with van der Waals surface area (Å²) in [5.41, 5.74) is 12.1. The zero-order valence-corrected chi connectivity index (χ0v) is 16.1. The molecule has 0 unspecified atom stereocenters. The highest BCUT2D eigenvalue weighted by Crippen LogP contribution is 2.28. The fourth-order valence-electron chi connectivity index (χ4n) is 3.46. The first-order valence-corrected chi connectivity index (χ1v) is 9.44. The van der Waals surface area contributed by atoms with Gasteiger partial charge in [-0.15, -0.1) is 0 Å². The van der Waals surface area contributed by atoms with Crippen LogP contribution in [0.25, 0.3) is 0 Å². The van der Waals surface area contributed by atoms with Crippen molar-refractivity contribution in [3.05, 3.63) is 23.8 Å². The normalized spacial score (nSPS) is 20.7. The fourth-order valence-corrected chi connectivity index (χ4v) is 3.46. The van der Waals surface area contributed by atoms with E-state index in [0.29, 0.717) is 38.2 Å². The number of aromatic hydroxyl groups is 1. The minimum Gasteiger partial charge on any atom is -0.504 e. The summed E-state index contributed by atoms with van der Waals surface area (Å²) in [7, 11) is 1.46. The number of nitrogens with two attached hydrogens (primary N) is 2. The molecule has 1 heterocycles. The van der Waals surface area contributed by atoms with E-state index < -0.39 is 18.1 Å². The quantitative estimate of drug-likeness (QED) is 0.348. The van der Waals surface area contributed by atoms with Gasteiger partial charge in [-0.2, -0.15) is 0 Å². The van der Waals surface area contributed by atoms with E-state index in [4.69, 9.17) is 16.2 Å². The van der Waals surface area contributed by atoms with Crippen molar-refractivity contribution in [1.29, 1.82) is 0 Å². The molecular weight excluding hydrogens is 364 g/mol. The number of rotatable bonds is 10. The lowest BCUT2D eigenvalue weighted by atomic mass is 10.1. The Morgan fingerprint density at radius 1 is 1.39 bits per heavy atom. The van der Waals surface area contributed by atoms with Crippen molar-refractivity contribution in [2.75, 3.05) is 20.2 Å². The largest absolute Gasteiger partial charge is 0.504 e. The van der Waals surface area contributed by atoms with Crippen LogP contribution in [0.2, 0.25) is 0 Å². The Bertz CT molecular complexity index is 684. The number of phenolic OH excluding ortho intramolecular Hbond substituents is 1. The van der Waals surface area contributed by atoms with Crippen LogP contribution in [0.15, 0.2) is 18.2 Å². The number of likely N-dealkylation sites (tertiary alicyclic amines) is 1. The Balaban J connectivity index is 1.97. The number of hydrogen-bond acceptors (Lipinski definition) is 7. The second-order valence-corrected chi connectivity index (χ2v) is 7.12. The highest BCUT2D eigenvalue weighted by molar-refractivity contribution is 5.82. The molecule has 0 aliphatic carbocycles. The summed E-state index contributed by atoms with van der Waals surface area (Å²) in [5.74, 6) is -0.857. The van der Waals surface area contributed by atoms with Crippen LogP contribution in [0.1, 0.15) is 31.2 Å². The Labute approximate surface area is 164 Å². The molecule has 3 atom stereocenters. The number of hydrogen-bond donors (Lipinski definition) is 5. The zero-order valence-electron chi connectivity index (χ0n) is 16.1. The molecule has 0 aromatic heterocycles. The first-order valence-electron chi connectivity index (χ1n) is 9.44. The third-order valence-corrected chi connectivity index (χ3v) is 4.97. The number of carboxylic acids is 1. The first-order chi connectivity index (χ1) is 13.3. The molecule has 9 nitrogen and oxygen atoms in total. The SMILES string of the molecule is COc1ccc(CN2C[C@@H](NC(=O)[C@@H](N)CCCCN)C[C@H]2C(=O)O)cc1O. The number of aliphatic carboxylic acids is 1. The number of carboxylic acid groups (broad SMARTS) is 1. The summed E-state index contributed by atoms with van der Waals surface area (Å²) in [6.07, 6.45) is 2.44. The molecule has 1 aromatic rings. The second-order valence-electron chi connectivity index (χ2n) is 7.12. The Morgan fingerprint density at radius 2 is 2.14 bits per heavy atom. The second kappa shape index (κ2) is 10.3. The third kappa shape index (κ3) is 5.82. The van der Waals surface area contributed by atoms with Crippen LogP contribution >= 0.6 is 0 Å². The van der Waals surface area contributed by atoms with Crippen LogP contribution in [-0.2, 0) is 16.1 Å². The number of ether oxygens (including phenoxy) is 1. The van der Waals surface area contributed by atoms with Crippen LogP contribution in [0.5, 0.6) is 11.5 Å². The van der Waals surface area contributed by atoms with Crippen LogP contribution in [0.4, 0.5) is 0 Å². The van der Waals surface area contributed by atoms with Gasteiger partial charge in [0.2, 0.25) is 5.91 Å². The lowest BCUT2D eigenvalue weighted by Gasteiger charge is -2.21. The summed E-state index contributed by atoms with van der Waals surface area (Å²) >= 11 is 0. The van der Waals surface area contributed by atoms with Crippen LogP contribution in [0, 0.1) is 0 Å². The minimum absolute atomic E-state index is 0.000576. The molecule has 0 spiro atoms. The van der Waals surface area contributed by atoms with Crippen LogP contribution in [0.3, 0.4) is 0 Å². The van der Waals surface area contributed by atoms with Gasteiger partial charge in [0, 0.05) is 19.1 Å². The number of nitrogens with one attached hydrogen (secondary N) is 1. The Hall–Kier alpha value is -2.36. The summed E-state index contributed by atoms with van der Waals surface area (Å²) in [4.78, 5) is 25.7. The van der Waals surface area contributed by atoms with E-state index in [9.17, 15) is 19.8 Å². The van der Waals surface area contributed by atoms with Crippen LogP contribution in [-0.4, -0.2) is 65.3 Å². The smallest absolute Gasteiger partial charge is 0.321 e. The van der Waals surface area contributed by atoms with Gasteiger partial charge in [-0.3, -0.25) is 14.5 Å². The average Bonchev–Trinajstić information content (AvgIpc) is 3.04. The lowest BCUT2D eigenvalue weighted by Crippen LogP contribution is -2.46. The van der Waals surface area contributed by atoms with Crippen molar-refractivity contribution in [1.82, 2.24) is 10.2 Å². The van der Waals surface area contributed by atoms with Gasteiger partial charge in [0.15, 0.2) is 11.5 Å². The summed E-state index contributed by atoms with van der Waals surface area (Å²) in [6, 6.07) is 3.33. The minimum atomic E-state index is -0.943. The average molecular weight is 394 g/mol. The number of benzene rings is 1. The van der Waals surface area contributed by atoms with Gasteiger partial charge in [-0.25, -0.2) is 0 Å². The van der Waals surface area contributed by atoms with Crippen LogP contribution < -0.4 is 21.5 Å². The van der Waals surface area contributed by atoms with E-state index in [-0.39, 0.29) is 17.7 Å². The van der Waals surface area contributed by atoms with Crippen molar-refractivity contribution < 1.29 is 24.5 Å². The Kier molecular flexibility index (Phi) is 8.04. The molecule has 1 amide bonds. The number of unbranched alkanes of at least 4 members (excludes halogenated alkanes) is 1.